The predicted octanol–water partition coefficient (Wildman–Crippen LogP) is 3.57. The van der Waals surface area contributed by atoms with Crippen LogP contribution in [0.5, 0.6) is 0 Å². The lowest BCUT2D eigenvalue weighted by Crippen LogP contribution is -2.48. The Hall–Kier alpha value is -2.80. The molecule has 0 saturated carbocycles. The van der Waals surface area contributed by atoms with Crippen LogP contribution in [0.15, 0.2) is 42.6 Å². The van der Waals surface area contributed by atoms with E-state index in [2.05, 4.69) is 21.8 Å². The molecule has 6 nitrogen and oxygen atoms in total. The van der Waals surface area contributed by atoms with E-state index in [4.69, 9.17) is 0 Å². The molecule has 29 heavy (non-hydrogen) atoms. The molecule has 0 spiro atoms. The highest BCUT2D eigenvalue weighted by Crippen LogP contribution is 2.27. The van der Waals surface area contributed by atoms with Gasteiger partial charge in [-0.1, -0.05) is 42.5 Å². The molecule has 3 heterocycles. The Morgan fingerprint density at radius 1 is 1.03 bits per heavy atom. The van der Waals surface area contributed by atoms with Gasteiger partial charge in [0, 0.05) is 50.8 Å². The number of thiazole rings is 1. The number of nitrogens with zero attached hydrogens (tertiary/aromatic N) is 4. The number of fused-ring (bicyclic) bond motifs is 1. The van der Waals surface area contributed by atoms with Crippen molar-refractivity contribution in [3.8, 4) is 0 Å². The maximum atomic E-state index is 12.6. The van der Waals surface area contributed by atoms with Crippen LogP contribution in [0.4, 0.5) is 5.13 Å². The minimum atomic E-state index is 0.0293. The van der Waals surface area contributed by atoms with Gasteiger partial charge < -0.3 is 9.80 Å². The van der Waals surface area contributed by atoms with E-state index >= 15 is 0 Å². The molecule has 1 amide bonds. The van der Waals surface area contributed by atoms with E-state index in [1.165, 1.54) is 5.56 Å². The van der Waals surface area contributed by atoms with Crippen molar-refractivity contribution in [3.63, 3.8) is 0 Å². The first-order valence-electron chi connectivity index (χ1n) is 10.0. The third kappa shape index (κ3) is 4.45. The number of rotatable bonds is 6. The number of amides is 1. The molecule has 7 heteroatoms. The Morgan fingerprint density at radius 3 is 2.48 bits per heavy atom. The van der Waals surface area contributed by atoms with Gasteiger partial charge in [0.1, 0.15) is 10.3 Å². The number of aryl methyl sites for hydroxylation is 1. The highest BCUT2D eigenvalue weighted by Gasteiger charge is 2.23. The van der Waals surface area contributed by atoms with Gasteiger partial charge in [0.25, 0.3) is 0 Å². The Balaban J connectivity index is 1.27. The number of Topliss-reactive ketones (excluding diaryl/α,β-unsaturated/α-hetero) is 1. The van der Waals surface area contributed by atoms with Crippen LogP contribution >= 0.6 is 11.3 Å². The van der Waals surface area contributed by atoms with E-state index in [0.29, 0.717) is 18.7 Å². The molecule has 1 saturated heterocycles. The fraction of sp³-hybridized carbons (Fsp3) is 0.364. The van der Waals surface area contributed by atoms with Crippen molar-refractivity contribution in [2.24, 2.45) is 0 Å². The summed E-state index contributed by atoms with van der Waals surface area (Å²) in [6, 6.07) is 11.5. The summed E-state index contributed by atoms with van der Waals surface area (Å²) in [6.07, 6.45) is 3.25. The van der Waals surface area contributed by atoms with Crippen LogP contribution in [0.3, 0.4) is 0 Å². The molecule has 0 radical (unpaired) electrons. The second-order valence-corrected chi connectivity index (χ2v) is 8.12. The first-order valence-corrected chi connectivity index (χ1v) is 10.8. The summed E-state index contributed by atoms with van der Waals surface area (Å²) in [7, 11) is 0. The molecule has 1 fully saturated rings. The fourth-order valence-corrected chi connectivity index (χ4v) is 4.45. The maximum absolute atomic E-state index is 12.6. The van der Waals surface area contributed by atoms with Gasteiger partial charge in [-0.2, -0.15) is 0 Å². The van der Waals surface area contributed by atoms with E-state index in [0.717, 1.165) is 35.0 Å². The molecule has 150 valence electrons. The number of aromatic nitrogens is 2. The summed E-state index contributed by atoms with van der Waals surface area (Å²) < 4.78 is 0. The molecule has 4 rings (SSSR count). The largest absolute Gasteiger partial charge is 0.344 e. The molecule has 0 atom stereocenters. The first-order chi connectivity index (χ1) is 14.1. The molecule has 0 bridgehead atoms. The number of carbonyl (C=O) groups excluding carboxylic acids is 2. The zero-order valence-corrected chi connectivity index (χ0v) is 17.3. The smallest absolute Gasteiger partial charge is 0.223 e. The normalized spacial score (nSPS) is 14.4. The third-order valence-corrected chi connectivity index (χ3v) is 6.35. The van der Waals surface area contributed by atoms with Gasteiger partial charge in [-0.15, -0.1) is 0 Å². The van der Waals surface area contributed by atoms with Crippen LogP contribution in [0.2, 0.25) is 0 Å². The Kier molecular flexibility index (Phi) is 5.85. The van der Waals surface area contributed by atoms with Crippen molar-refractivity contribution in [1.29, 1.82) is 0 Å². The lowest BCUT2D eigenvalue weighted by atomic mass is 10.0. The quantitative estimate of drug-likeness (QED) is 0.584. The summed E-state index contributed by atoms with van der Waals surface area (Å²) >= 11 is 1.58. The van der Waals surface area contributed by atoms with Crippen molar-refractivity contribution in [1.82, 2.24) is 14.9 Å². The van der Waals surface area contributed by atoms with Crippen molar-refractivity contribution >= 4 is 38.5 Å². The van der Waals surface area contributed by atoms with E-state index in [-0.39, 0.29) is 24.5 Å². The van der Waals surface area contributed by atoms with E-state index in [9.17, 15) is 9.59 Å². The van der Waals surface area contributed by atoms with Crippen LogP contribution in [0, 0.1) is 0 Å². The van der Waals surface area contributed by atoms with Gasteiger partial charge in [-0.3, -0.25) is 9.59 Å². The second-order valence-electron chi connectivity index (χ2n) is 7.17. The number of benzene rings is 1. The topological polar surface area (TPSA) is 66.4 Å². The number of hydrogen-bond acceptors (Lipinski definition) is 6. The first kappa shape index (κ1) is 19.5. The van der Waals surface area contributed by atoms with E-state index in [1.807, 2.05) is 41.3 Å². The average molecular weight is 409 g/mol. The number of anilines is 1. The molecule has 2 aromatic heterocycles. The zero-order valence-electron chi connectivity index (χ0n) is 16.5. The molecule has 0 aliphatic carbocycles. The van der Waals surface area contributed by atoms with Crippen LogP contribution in [0.1, 0.15) is 35.7 Å². The summed E-state index contributed by atoms with van der Waals surface area (Å²) in [5.41, 5.74) is 2.81. The van der Waals surface area contributed by atoms with Gasteiger partial charge in [0.2, 0.25) is 5.91 Å². The minimum absolute atomic E-state index is 0.0293. The van der Waals surface area contributed by atoms with Crippen LogP contribution < -0.4 is 4.90 Å². The molecular formula is C22H24N4O2S. The monoisotopic (exact) mass is 408 g/mol. The van der Waals surface area contributed by atoms with Crippen LogP contribution in [-0.2, 0) is 11.2 Å². The van der Waals surface area contributed by atoms with Gasteiger partial charge >= 0.3 is 0 Å². The minimum Gasteiger partial charge on any atom is -0.344 e. The number of pyridine rings is 1. The summed E-state index contributed by atoms with van der Waals surface area (Å²) in [6.45, 7) is 4.89. The highest BCUT2D eigenvalue weighted by molar-refractivity contribution is 7.21. The standard InChI is InChI=1S/C22H24N4O2S/c1-2-16-5-7-17(8-6-16)19(27)9-10-20(28)25-12-14-26(15-13-25)22-24-18-4-3-11-23-21(18)29-22/h3-8,11H,2,9-10,12-15H2,1H3. The molecule has 1 aliphatic heterocycles. The average Bonchev–Trinajstić information content (AvgIpc) is 3.22. The Morgan fingerprint density at radius 2 is 1.79 bits per heavy atom. The molecule has 0 N–H and O–H groups in total. The van der Waals surface area contributed by atoms with Crippen LogP contribution in [-0.4, -0.2) is 52.7 Å². The molecular weight excluding hydrogens is 384 g/mol. The zero-order chi connectivity index (χ0) is 20.2. The van der Waals surface area contributed by atoms with E-state index in [1.54, 1.807) is 17.5 Å². The lowest BCUT2D eigenvalue weighted by molar-refractivity contribution is -0.131. The van der Waals surface area contributed by atoms with Gasteiger partial charge in [0.15, 0.2) is 10.9 Å². The second kappa shape index (κ2) is 8.69. The van der Waals surface area contributed by atoms with Gasteiger partial charge in [-0.05, 0) is 24.1 Å². The summed E-state index contributed by atoms with van der Waals surface area (Å²) in [5, 5.41) is 0.955. The summed E-state index contributed by atoms with van der Waals surface area (Å²) in [4.78, 5) is 38.9. The van der Waals surface area contributed by atoms with Gasteiger partial charge in [-0.25, -0.2) is 9.97 Å². The lowest BCUT2D eigenvalue weighted by Gasteiger charge is -2.34. The van der Waals surface area contributed by atoms with Crippen molar-refractivity contribution in [2.75, 3.05) is 31.1 Å². The van der Waals surface area contributed by atoms with Crippen LogP contribution in [0.25, 0.3) is 10.3 Å². The van der Waals surface area contributed by atoms with Crippen molar-refractivity contribution in [2.45, 2.75) is 26.2 Å². The van der Waals surface area contributed by atoms with Crippen molar-refractivity contribution < 1.29 is 9.59 Å². The molecule has 0 unspecified atom stereocenters. The molecule has 3 aromatic rings. The molecule has 1 aromatic carbocycles. The number of carbonyl (C=O) groups is 2. The fourth-order valence-electron chi connectivity index (χ4n) is 3.49. The Labute approximate surface area is 174 Å². The van der Waals surface area contributed by atoms with E-state index < -0.39 is 0 Å². The summed E-state index contributed by atoms with van der Waals surface area (Å²) in [5.74, 6) is 0.0794. The predicted molar refractivity (Wildman–Crippen MR) is 116 cm³/mol. The Bertz CT molecular complexity index is 974. The highest BCUT2D eigenvalue weighted by atomic mass is 32.1. The van der Waals surface area contributed by atoms with Gasteiger partial charge in [0.05, 0.1) is 0 Å². The molecule has 1 aliphatic rings. The number of hydrogen-bond donors (Lipinski definition) is 0. The maximum Gasteiger partial charge on any atom is 0.223 e. The number of piperazine rings is 1. The third-order valence-electron chi connectivity index (χ3n) is 5.31. The number of ketones is 1. The SMILES string of the molecule is CCc1ccc(C(=O)CCC(=O)N2CCN(c3nc4cccnc4s3)CC2)cc1. The van der Waals surface area contributed by atoms with Crippen molar-refractivity contribution in [3.05, 3.63) is 53.7 Å².